The Morgan fingerprint density at radius 1 is 1.00 bits per heavy atom. The summed E-state index contributed by atoms with van der Waals surface area (Å²) in [6.45, 7) is 6.96. The molecule has 180 valence electrons. The van der Waals surface area contributed by atoms with E-state index in [9.17, 15) is 4.79 Å². The number of nitrogens with one attached hydrogen (secondary N) is 1. The lowest BCUT2D eigenvalue weighted by molar-refractivity contribution is -0.118. The summed E-state index contributed by atoms with van der Waals surface area (Å²) >= 11 is 6.20. The number of anilines is 1. The van der Waals surface area contributed by atoms with E-state index in [1.807, 2.05) is 38.1 Å². The van der Waals surface area contributed by atoms with E-state index in [-0.39, 0.29) is 11.8 Å². The summed E-state index contributed by atoms with van der Waals surface area (Å²) < 4.78 is 2.19. The van der Waals surface area contributed by atoms with Crippen LogP contribution in [0.5, 0.6) is 0 Å². The van der Waals surface area contributed by atoms with Gasteiger partial charge in [-0.3, -0.25) is 9.69 Å². The molecule has 1 N–H and O–H groups in total. The standard InChI is InChI=1S/C30H32ClN3O/c1-21(2)30(35)32-27-7-3-5-24(18-27)23-11-14-33(15-12-23)20-22-9-10-29-25(17-22)13-16-34(29)28-8-4-6-26(31)19-28/h3-10,13,16-19,21,23H,11-12,14-15,20H2,1-2H3,(H,32,35). The highest BCUT2D eigenvalue weighted by atomic mass is 35.5. The number of nitrogens with zero attached hydrogens (tertiary/aromatic N) is 2. The van der Waals surface area contributed by atoms with Crippen LogP contribution < -0.4 is 5.32 Å². The average molecular weight is 486 g/mol. The summed E-state index contributed by atoms with van der Waals surface area (Å²) in [6.07, 6.45) is 4.38. The average Bonchev–Trinajstić information content (AvgIpc) is 3.28. The van der Waals surface area contributed by atoms with Crippen molar-refractivity contribution in [2.45, 2.75) is 39.2 Å². The van der Waals surface area contributed by atoms with Crippen molar-refractivity contribution < 1.29 is 4.79 Å². The Morgan fingerprint density at radius 3 is 2.57 bits per heavy atom. The molecule has 5 heteroatoms. The number of hydrogen-bond acceptors (Lipinski definition) is 2. The highest BCUT2D eigenvalue weighted by Gasteiger charge is 2.21. The molecule has 1 aliphatic rings. The van der Waals surface area contributed by atoms with E-state index in [4.69, 9.17) is 11.6 Å². The Kier molecular flexibility index (Phi) is 6.94. The Morgan fingerprint density at radius 2 is 1.80 bits per heavy atom. The lowest BCUT2D eigenvalue weighted by Gasteiger charge is -2.32. The van der Waals surface area contributed by atoms with Crippen molar-refractivity contribution in [3.63, 3.8) is 0 Å². The fraction of sp³-hybridized carbons (Fsp3) is 0.300. The summed E-state index contributed by atoms with van der Waals surface area (Å²) in [5.74, 6) is 0.588. The molecule has 0 spiro atoms. The number of fused-ring (bicyclic) bond motifs is 1. The van der Waals surface area contributed by atoms with E-state index >= 15 is 0 Å². The van der Waals surface area contributed by atoms with Crippen LogP contribution >= 0.6 is 11.6 Å². The van der Waals surface area contributed by atoms with E-state index in [1.54, 1.807) is 0 Å². The molecule has 3 aromatic carbocycles. The Hall–Kier alpha value is -3.08. The number of halogens is 1. The van der Waals surface area contributed by atoms with Crippen molar-refractivity contribution in [1.82, 2.24) is 9.47 Å². The van der Waals surface area contributed by atoms with E-state index in [1.165, 1.54) is 22.0 Å². The zero-order valence-electron chi connectivity index (χ0n) is 20.4. The number of carbonyl (C=O) groups is 1. The normalized spacial score (nSPS) is 15.1. The third kappa shape index (κ3) is 5.44. The highest BCUT2D eigenvalue weighted by molar-refractivity contribution is 6.30. The van der Waals surface area contributed by atoms with Gasteiger partial charge >= 0.3 is 0 Å². The van der Waals surface area contributed by atoms with Gasteiger partial charge in [0.1, 0.15) is 0 Å². The summed E-state index contributed by atoms with van der Waals surface area (Å²) in [6, 6.07) is 25.3. The first-order valence-corrected chi connectivity index (χ1v) is 12.8. The lowest BCUT2D eigenvalue weighted by Crippen LogP contribution is -2.32. The zero-order chi connectivity index (χ0) is 24.4. The van der Waals surface area contributed by atoms with Crippen molar-refractivity contribution in [3.8, 4) is 5.69 Å². The molecule has 1 amide bonds. The van der Waals surface area contributed by atoms with Crippen LogP contribution in [0.3, 0.4) is 0 Å². The molecule has 1 saturated heterocycles. The van der Waals surface area contributed by atoms with Crippen LogP contribution in [0, 0.1) is 5.92 Å². The van der Waals surface area contributed by atoms with E-state index in [2.05, 4.69) is 69.5 Å². The summed E-state index contributed by atoms with van der Waals surface area (Å²) in [5.41, 5.74) is 5.85. The van der Waals surface area contributed by atoms with Crippen LogP contribution in [0.15, 0.2) is 79.0 Å². The van der Waals surface area contributed by atoms with Crippen LogP contribution in [-0.4, -0.2) is 28.5 Å². The van der Waals surface area contributed by atoms with Crippen LogP contribution in [0.1, 0.15) is 43.7 Å². The zero-order valence-corrected chi connectivity index (χ0v) is 21.1. The molecule has 5 rings (SSSR count). The van der Waals surface area contributed by atoms with Crippen LogP contribution in [0.4, 0.5) is 5.69 Å². The molecule has 1 aliphatic heterocycles. The van der Waals surface area contributed by atoms with Crippen molar-refractivity contribution in [3.05, 3.63) is 95.1 Å². The van der Waals surface area contributed by atoms with Gasteiger partial charge in [0.15, 0.2) is 0 Å². The maximum absolute atomic E-state index is 12.1. The predicted molar refractivity (Wildman–Crippen MR) is 145 cm³/mol. The molecule has 0 bridgehead atoms. The van der Waals surface area contributed by atoms with Crippen LogP contribution in [-0.2, 0) is 11.3 Å². The molecule has 4 nitrogen and oxygen atoms in total. The van der Waals surface area contributed by atoms with Gasteiger partial charge in [0.2, 0.25) is 5.91 Å². The molecule has 2 heterocycles. The minimum Gasteiger partial charge on any atom is -0.326 e. The number of carbonyl (C=O) groups excluding carboxylic acids is 1. The van der Waals surface area contributed by atoms with Crippen LogP contribution in [0.25, 0.3) is 16.6 Å². The minimum atomic E-state index is -0.0171. The topological polar surface area (TPSA) is 37.3 Å². The molecule has 0 radical (unpaired) electrons. The predicted octanol–water partition coefficient (Wildman–Crippen LogP) is 7.26. The molecule has 0 saturated carbocycles. The first kappa shape index (κ1) is 23.7. The van der Waals surface area contributed by atoms with Crippen LogP contribution in [0.2, 0.25) is 5.02 Å². The number of aromatic nitrogens is 1. The molecule has 0 atom stereocenters. The summed E-state index contributed by atoms with van der Waals surface area (Å²) in [7, 11) is 0. The van der Waals surface area contributed by atoms with Crippen molar-refractivity contribution in [2.75, 3.05) is 18.4 Å². The minimum absolute atomic E-state index is 0.0171. The van der Waals surface area contributed by atoms with Crippen molar-refractivity contribution in [1.29, 1.82) is 0 Å². The number of likely N-dealkylation sites (tertiary alicyclic amines) is 1. The molecule has 1 aromatic heterocycles. The number of rotatable bonds is 6. The molecule has 4 aromatic rings. The van der Waals surface area contributed by atoms with Crippen molar-refractivity contribution >= 4 is 34.1 Å². The summed E-state index contributed by atoms with van der Waals surface area (Å²) in [5, 5.41) is 5.03. The number of piperidine rings is 1. The molecular weight excluding hydrogens is 454 g/mol. The molecule has 0 unspecified atom stereocenters. The monoisotopic (exact) mass is 485 g/mol. The Labute approximate surface area is 212 Å². The maximum Gasteiger partial charge on any atom is 0.226 e. The molecule has 0 aliphatic carbocycles. The molecule has 1 fully saturated rings. The Bertz CT molecular complexity index is 1330. The van der Waals surface area contributed by atoms with E-state index in [0.29, 0.717) is 5.92 Å². The maximum atomic E-state index is 12.1. The van der Waals surface area contributed by atoms with Gasteiger partial charge in [0.05, 0.1) is 5.52 Å². The van der Waals surface area contributed by atoms with E-state index < -0.39 is 0 Å². The second-order valence-corrected chi connectivity index (χ2v) is 10.3. The largest absolute Gasteiger partial charge is 0.326 e. The van der Waals surface area contributed by atoms with Gasteiger partial charge in [-0.15, -0.1) is 0 Å². The third-order valence-electron chi connectivity index (χ3n) is 6.98. The number of amides is 1. The first-order valence-electron chi connectivity index (χ1n) is 12.5. The van der Waals surface area contributed by atoms with Gasteiger partial charge < -0.3 is 9.88 Å². The SMILES string of the molecule is CC(C)C(=O)Nc1cccc(C2CCN(Cc3ccc4c(ccn4-c4cccc(Cl)c4)c3)CC2)c1. The quantitative estimate of drug-likeness (QED) is 0.312. The van der Waals surface area contributed by atoms with Gasteiger partial charge in [-0.2, -0.15) is 0 Å². The van der Waals surface area contributed by atoms with Gasteiger partial charge in [-0.1, -0.05) is 49.7 Å². The fourth-order valence-electron chi connectivity index (χ4n) is 4.98. The fourth-order valence-corrected chi connectivity index (χ4v) is 5.17. The summed E-state index contributed by atoms with van der Waals surface area (Å²) in [4.78, 5) is 14.6. The first-order chi connectivity index (χ1) is 17.0. The molecule has 35 heavy (non-hydrogen) atoms. The molecular formula is C30H32ClN3O. The Balaban J connectivity index is 1.21. The second-order valence-electron chi connectivity index (χ2n) is 9.88. The number of hydrogen-bond donors (Lipinski definition) is 1. The van der Waals surface area contributed by atoms with Gasteiger partial charge in [0, 0.05) is 40.4 Å². The number of benzene rings is 3. The van der Waals surface area contributed by atoms with Gasteiger partial charge in [-0.25, -0.2) is 0 Å². The third-order valence-corrected chi connectivity index (χ3v) is 7.22. The lowest BCUT2D eigenvalue weighted by atomic mass is 9.89. The van der Waals surface area contributed by atoms with Gasteiger partial charge in [-0.05, 0) is 91.5 Å². The van der Waals surface area contributed by atoms with Crippen molar-refractivity contribution in [2.24, 2.45) is 5.92 Å². The smallest absolute Gasteiger partial charge is 0.226 e. The highest BCUT2D eigenvalue weighted by Crippen LogP contribution is 2.31. The van der Waals surface area contributed by atoms with E-state index in [0.717, 1.165) is 48.9 Å². The second kappa shape index (κ2) is 10.3. The van der Waals surface area contributed by atoms with Gasteiger partial charge in [0.25, 0.3) is 0 Å².